The van der Waals surface area contributed by atoms with E-state index in [1.165, 1.54) is 11.1 Å². The molecule has 6 nitrogen and oxygen atoms in total. The van der Waals surface area contributed by atoms with Gasteiger partial charge in [-0.2, -0.15) is 0 Å². The van der Waals surface area contributed by atoms with Crippen LogP contribution >= 0.6 is 0 Å². The highest BCUT2D eigenvalue weighted by atomic mass is 16.5. The smallest absolute Gasteiger partial charge is 0.254 e. The van der Waals surface area contributed by atoms with Crippen LogP contribution in [-0.4, -0.2) is 36.6 Å². The van der Waals surface area contributed by atoms with E-state index in [1.807, 2.05) is 35.2 Å². The Balaban J connectivity index is 1.54. The Bertz CT molecular complexity index is 1040. The molecule has 148 valence electrons. The van der Waals surface area contributed by atoms with Crippen LogP contribution in [0.2, 0.25) is 0 Å². The molecule has 6 heteroatoms. The topological polar surface area (TPSA) is 63.7 Å². The SMILES string of the molecule is COc1ccc(OC)c(Nc2cc(C(=O)N3CCc4ccccc4C3)ccn2)c1. The Hall–Kier alpha value is -3.54. The third-order valence-electron chi connectivity index (χ3n) is 5.09. The van der Waals surface area contributed by atoms with Gasteiger partial charge < -0.3 is 19.7 Å². The average molecular weight is 389 g/mol. The fourth-order valence-electron chi connectivity index (χ4n) is 3.53. The number of nitrogens with zero attached hydrogens (tertiary/aromatic N) is 2. The van der Waals surface area contributed by atoms with Crippen LogP contribution in [0.5, 0.6) is 11.5 Å². The first kappa shape index (κ1) is 18.8. The predicted molar refractivity (Wildman–Crippen MR) is 112 cm³/mol. The lowest BCUT2D eigenvalue weighted by Gasteiger charge is -2.29. The van der Waals surface area contributed by atoms with Gasteiger partial charge in [0.15, 0.2) is 0 Å². The zero-order valence-corrected chi connectivity index (χ0v) is 16.5. The molecule has 1 N–H and O–H groups in total. The number of carbonyl (C=O) groups excluding carboxylic acids is 1. The van der Waals surface area contributed by atoms with Crippen LogP contribution < -0.4 is 14.8 Å². The molecule has 1 aliphatic heterocycles. The third kappa shape index (κ3) is 4.01. The van der Waals surface area contributed by atoms with Crippen LogP contribution in [0.3, 0.4) is 0 Å². The summed E-state index contributed by atoms with van der Waals surface area (Å²) in [4.78, 5) is 19.3. The van der Waals surface area contributed by atoms with Crippen molar-refractivity contribution in [1.82, 2.24) is 9.88 Å². The highest BCUT2D eigenvalue weighted by Gasteiger charge is 2.22. The van der Waals surface area contributed by atoms with E-state index < -0.39 is 0 Å². The molecule has 1 aromatic heterocycles. The van der Waals surface area contributed by atoms with Gasteiger partial charge in [-0.25, -0.2) is 4.98 Å². The molecule has 2 aromatic carbocycles. The van der Waals surface area contributed by atoms with Crippen molar-refractivity contribution >= 4 is 17.4 Å². The Labute approximate surface area is 170 Å². The second kappa shape index (κ2) is 8.22. The fraction of sp³-hybridized carbons (Fsp3) is 0.217. The van der Waals surface area contributed by atoms with E-state index in [0.717, 1.165) is 12.1 Å². The second-order valence-corrected chi connectivity index (χ2v) is 6.87. The van der Waals surface area contributed by atoms with E-state index in [4.69, 9.17) is 9.47 Å². The molecule has 0 saturated heterocycles. The normalized spacial score (nSPS) is 12.8. The van der Waals surface area contributed by atoms with Gasteiger partial charge in [-0.1, -0.05) is 24.3 Å². The summed E-state index contributed by atoms with van der Waals surface area (Å²) in [6, 6.07) is 17.3. The van der Waals surface area contributed by atoms with Gasteiger partial charge in [-0.3, -0.25) is 4.79 Å². The minimum Gasteiger partial charge on any atom is -0.497 e. The number of carbonyl (C=O) groups is 1. The molecular formula is C23H23N3O3. The monoisotopic (exact) mass is 389 g/mol. The maximum Gasteiger partial charge on any atom is 0.254 e. The van der Waals surface area contributed by atoms with Crippen LogP contribution in [0.15, 0.2) is 60.8 Å². The summed E-state index contributed by atoms with van der Waals surface area (Å²) in [5.41, 5.74) is 3.85. The Morgan fingerprint density at radius 3 is 2.66 bits per heavy atom. The molecule has 0 saturated carbocycles. The van der Waals surface area contributed by atoms with Crippen molar-refractivity contribution in [2.45, 2.75) is 13.0 Å². The van der Waals surface area contributed by atoms with Gasteiger partial charge in [0.25, 0.3) is 5.91 Å². The first-order valence-electron chi connectivity index (χ1n) is 9.49. The van der Waals surface area contributed by atoms with Gasteiger partial charge >= 0.3 is 0 Å². The zero-order valence-electron chi connectivity index (χ0n) is 16.5. The van der Waals surface area contributed by atoms with Crippen molar-refractivity contribution in [3.63, 3.8) is 0 Å². The van der Waals surface area contributed by atoms with Crippen molar-refractivity contribution in [1.29, 1.82) is 0 Å². The number of anilines is 2. The predicted octanol–water partition coefficient (Wildman–Crippen LogP) is 4.04. The largest absolute Gasteiger partial charge is 0.497 e. The molecule has 29 heavy (non-hydrogen) atoms. The summed E-state index contributed by atoms with van der Waals surface area (Å²) in [5.74, 6) is 1.94. The van der Waals surface area contributed by atoms with E-state index >= 15 is 0 Å². The Morgan fingerprint density at radius 2 is 1.86 bits per heavy atom. The first-order chi connectivity index (χ1) is 14.2. The molecule has 0 atom stereocenters. The number of hydrogen-bond donors (Lipinski definition) is 1. The average Bonchev–Trinajstić information content (AvgIpc) is 2.78. The van der Waals surface area contributed by atoms with Crippen molar-refractivity contribution in [2.75, 3.05) is 26.1 Å². The van der Waals surface area contributed by atoms with E-state index in [-0.39, 0.29) is 5.91 Å². The third-order valence-corrected chi connectivity index (χ3v) is 5.09. The number of rotatable bonds is 5. The first-order valence-corrected chi connectivity index (χ1v) is 9.49. The number of benzene rings is 2. The number of aromatic nitrogens is 1. The van der Waals surface area contributed by atoms with E-state index in [2.05, 4.69) is 22.4 Å². The number of pyridine rings is 1. The Morgan fingerprint density at radius 1 is 1.03 bits per heavy atom. The lowest BCUT2D eigenvalue weighted by Crippen LogP contribution is -2.35. The molecule has 0 aliphatic carbocycles. The second-order valence-electron chi connectivity index (χ2n) is 6.87. The van der Waals surface area contributed by atoms with Gasteiger partial charge in [-0.05, 0) is 41.8 Å². The summed E-state index contributed by atoms with van der Waals surface area (Å²) in [5, 5.41) is 3.23. The maximum absolute atomic E-state index is 13.1. The minimum atomic E-state index is 0.00237. The van der Waals surface area contributed by atoms with E-state index in [0.29, 0.717) is 36.0 Å². The molecule has 1 amide bonds. The van der Waals surface area contributed by atoms with Crippen molar-refractivity contribution in [3.05, 3.63) is 77.5 Å². The van der Waals surface area contributed by atoms with E-state index in [9.17, 15) is 4.79 Å². The molecule has 3 aromatic rings. The van der Waals surface area contributed by atoms with E-state index in [1.54, 1.807) is 32.5 Å². The molecular weight excluding hydrogens is 366 g/mol. The number of hydrogen-bond acceptors (Lipinski definition) is 5. The molecule has 0 fully saturated rings. The number of fused-ring (bicyclic) bond motifs is 1. The van der Waals surface area contributed by atoms with Crippen molar-refractivity contribution in [2.24, 2.45) is 0 Å². The standard InChI is InChI=1S/C23H23N3O3/c1-28-19-7-8-21(29-2)20(14-19)25-22-13-17(9-11-24-22)23(27)26-12-10-16-5-3-4-6-18(16)15-26/h3-9,11,13-14H,10,12,15H2,1-2H3,(H,24,25). The van der Waals surface area contributed by atoms with Gasteiger partial charge in [0, 0.05) is 30.9 Å². The molecule has 1 aliphatic rings. The highest BCUT2D eigenvalue weighted by Crippen LogP contribution is 2.31. The maximum atomic E-state index is 13.1. The molecule has 0 bridgehead atoms. The molecule has 2 heterocycles. The van der Waals surface area contributed by atoms with Gasteiger partial charge in [0.2, 0.25) is 0 Å². The molecule has 0 unspecified atom stereocenters. The van der Waals surface area contributed by atoms with Crippen LogP contribution in [0.25, 0.3) is 0 Å². The molecule has 4 rings (SSSR count). The summed E-state index contributed by atoms with van der Waals surface area (Å²) in [6.45, 7) is 1.34. The van der Waals surface area contributed by atoms with Crippen LogP contribution in [-0.2, 0) is 13.0 Å². The lowest BCUT2D eigenvalue weighted by molar-refractivity contribution is 0.0734. The zero-order chi connectivity index (χ0) is 20.2. The quantitative estimate of drug-likeness (QED) is 0.713. The van der Waals surface area contributed by atoms with Gasteiger partial charge in [-0.15, -0.1) is 0 Å². The summed E-state index contributed by atoms with van der Waals surface area (Å²) < 4.78 is 10.7. The summed E-state index contributed by atoms with van der Waals surface area (Å²) >= 11 is 0. The van der Waals surface area contributed by atoms with Gasteiger partial charge in [0.1, 0.15) is 17.3 Å². The number of amides is 1. The minimum absolute atomic E-state index is 0.00237. The number of methoxy groups -OCH3 is 2. The number of nitrogens with one attached hydrogen (secondary N) is 1. The fourth-order valence-corrected chi connectivity index (χ4v) is 3.53. The molecule has 0 radical (unpaired) electrons. The Kier molecular flexibility index (Phi) is 5.33. The number of ether oxygens (including phenoxy) is 2. The van der Waals surface area contributed by atoms with Crippen LogP contribution in [0, 0.1) is 0 Å². The highest BCUT2D eigenvalue weighted by molar-refractivity contribution is 5.95. The summed E-state index contributed by atoms with van der Waals surface area (Å²) in [7, 11) is 3.22. The van der Waals surface area contributed by atoms with Crippen LogP contribution in [0.4, 0.5) is 11.5 Å². The lowest BCUT2D eigenvalue weighted by atomic mass is 9.99. The van der Waals surface area contributed by atoms with Crippen molar-refractivity contribution < 1.29 is 14.3 Å². The van der Waals surface area contributed by atoms with Gasteiger partial charge in [0.05, 0.1) is 19.9 Å². The van der Waals surface area contributed by atoms with Crippen molar-refractivity contribution in [3.8, 4) is 11.5 Å². The molecule has 0 spiro atoms. The summed E-state index contributed by atoms with van der Waals surface area (Å²) in [6.07, 6.45) is 2.51. The van der Waals surface area contributed by atoms with Crippen LogP contribution in [0.1, 0.15) is 21.5 Å².